The van der Waals surface area contributed by atoms with Crippen molar-refractivity contribution in [3.05, 3.63) is 44.0 Å². The van der Waals surface area contributed by atoms with E-state index in [-0.39, 0.29) is 18.5 Å². The van der Waals surface area contributed by atoms with Gasteiger partial charge in [-0.05, 0) is 12.8 Å². The van der Waals surface area contributed by atoms with Gasteiger partial charge in [-0.25, -0.2) is 4.79 Å². The standard InChI is InChI=1S/C16H17N5O9/c17-13(22)7-11(16(25)26)18-14(23)12-2-1-3-19(12)15(24)8-4-9(20(27)28)6-10(5-8)21(29)30/h4-6,11-12H,1-3,7H2,(H2,17,22)(H,18,23)(H,25,26). The Labute approximate surface area is 167 Å². The first-order valence-corrected chi connectivity index (χ1v) is 8.57. The summed E-state index contributed by atoms with van der Waals surface area (Å²) in [4.78, 5) is 68.8. The summed E-state index contributed by atoms with van der Waals surface area (Å²) in [5.41, 5.74) is 3.27. The number of amides is 3. The molecule has 0 radical (unpaired) electrons. The predicted molar refractivity (Wildman–Crippen MR) is 97.2 cm³/mol. The minimum Gasteiger partial charge on any atom is -0.480 e. The molecule has 1 aliphatic heterocycles. The average Bonchev–Trinajstić information content (AvgIpc) is 3.15. The first-order chi connectivity index (χ1) is 14.0. The number of nitrogens with one attached hydrogen (secondary N) is 1. The lowest BCUT2D eigenvalue weighted by Gasteiger charge is -2.25. The number of primary amides is 1. The lowest BCUT2D eigenvalue weighted by atomic mass is 10.1. The van der Waals surface area contributed by atoms with E-state index in [2.05, 4.69) is 5.32 Å². The van der Waals surface area contributed by atoms with Crippen LogP contribution in [0.15, 0.2) is 18.2 Å². The molecule has 14 heteroatoms. The number of hydrogen-bond donors (Lipinski definition) is 3. The maximum absolute atomic E-state index is 12.8. The van der Waals surface area contributed by atoms with E-state index in [1.807, 2.05) is 0 Å². The molecule has 14 nitrogen and oxygen atoms in total. The van der Waals surface area contributed by atoms with Crippen molar-refractivity contribution in [2.75, 3.05) is 6.54 Å². The van der Waals surface area contributed by atoms with Crippen molar-refractivity contribution >= 4 is 35.1 Å². The van der Waals surface area contributed by atoms with E-state index in [0.29, 0.717) is 12.5 Å². The van der Waals surface area contributed by atoms with Crippen LogP contribution in [0.2, 0.25) is 0 Å². The molecule has 2 unspecified atom stereocenters. The molecule has 4 N–H and O–H groups in total. The largest absolute Gasteiger partial charge is 0.480 e. The number of likely N-dealkylation sites (tertiary alicyclic amines) is 1. The lowest BCUT2D eigenvalue weighted by Crippen LogP contribution is -2.51. The molecular weight excluding hydrogens is 406 g/mol. The van der Waals surface area contributed by atoms with Gasteiger partial charge in [-0.2, -0.15) is 0 Å². The minimum absolute atomic E-state index is 0.0704. The Morgan fingerprint density at radius 3 is 2.20 bits per heavy atom. The van der Waals surface area contributed by atoms with Crippen molar-refractivity contribution < 1.29 is 34.1 Å². The molecule has 1 aliphatic rings. The predicted octanol–water partition coefficient (Wildman–Crippen LogP) is -0.448. The fourth-order valence-electron chi connectivity index (χ4n) is 3.05. The van der Waals surface area contributed by atoms with Gasteiger partial charge in [0.25, 0.3) is 17.3 Å². The number of rotatable bonds is 8. The van der Waals surface area contributed by atoms with Crippen molar-refractivity contribution in [3.63, 3.8) is 0 Å². The van der Waals surface area contributed by atoms with Gasteiger partial charge in [0.15, 0.2) is 0 Å². The molecule has 0 saturated carbocycles. The number of aliphatic carboxylic acids is 1. The number of benzene rings is 1. The smallest absolute Gasteiger partial charge is 0.326 e. The number of carboxylic acid groups (broad SMARTS) is 1. The van der Waals surface area contributed by atoms with Crippen molar-refractivity contribution in [1.82, 2.24) is 10.2 Å². The van der Waals surface area contributed by atoms with Gasteiger partial charge in [0.1, 0.15) is 12.1 Å². The van der Waals surface area contributed by atoms with Crippen molar-refractivity contribution in [1.29, 1.82) is 0 Å². The Morgan fingerprint density at radius 1 is 1.17 bits per heavy atom. The van der Waals surface area contributed by atoms with Crippen LogP contribution in [0, 0.1) is 20.2 Å². The first-order valence-electron chi connectivity index (χ1n) is 8.57. The van der Waals surface area contributed by atoms with Crippen molar-refractivity contribution in [3.8, 4) is 0 Å². The molecule has 1 aromatic rings. The van der Waals surface area contributed by atoms with Crippen LogP contribution in [0.4, 0.5) is 11.4 Å². The summed E-state index contributed by atoms with van der Waals surface area (Å²) >= 11 is 0. The fraction of sp³-hybridized carbons (Fsp3) is 0.375. The zero-order chi connectivity index (χ0) is 22.6. The Morgan fingerprint density at radius 2 is 1.73 bits per heavy atom. The summed E-state index contributed by atoms with van der Waals surface area (Å²) in [5.74, 6) is -4.16. The summed E-state index contributed by atoms with van der Waals surface area (Å²) in [6, 6.07) is -0.297. The van der Waals surface area contributed by atoms with E-state index in [1.165, 1.54) is 0 Å². The zero-order valence-corrected chi connectivity index (χ0v) is 15.3. The van der Waals surface area contributed by atoms with Gasteiger partial charge in [-0.1, -0.05) is 0 Å². The van der Waals surface area contributed by atoms with Gasteiger partial charge >= 0.3 is 5.97 Å². The number of nitrogens with two attached hydrogens (primary N) is 1. The van der Waals surface area contributed by atoms with Crippen LogP contribution in [0.5, 0.6) is 0 Å². The third-order valence-corrected chi connectivity index (χ3v) is 4.41. The summed E-state index contributed by atoms with van der Waals surface area (Å²) in [7, 11) is 0. The number of hydrogen-bond acceptors (Lipinski definition) is 8. The van der Waals surface area contributed by atoms with Gasteiger partial charge < -0.3 is 21.1 Å². The van der Waals surface area contributed by atoms with Crippen LogP contribution in [-0.4, -0.2) is 62.2 Å². The highest BCUT2D eigenvalue weighted by Gasteiger charge is 2.37. The van der Waals surface area contributed by atoms with Gasteiger partial charge in [-0.3, -0.25) is 34.6 Å². The van der Waals surface area contributed by atoms with Crippen molar-refractivity contribution in [2.45, 2.75) is 31.3 Å². The number of nitrogens with zero attached hydrogens (tertiary/aromatic N) is 3. The molecule has 1 heterocycles. The summed E-state index contributed by atoms with van der Waals surface area (Å²) < 4.78 is 0. The Bertz CT molecular complexity index is 899. The van der Waals surface area contributed by atoms with Gasteiger partial charge in [0, 0.05) is 18.7 Å². The van der Waals surface area contributed by atoms with E-state index in [4.69, 9.17) is 10.8 Å². The van der Waals surface area contributed by atoms with Crippen molar-refractivity contribution in [2.24, 2.45) is 5.73 Å². The topological polar surface area (TPSA) is 216 Å². The Kier molecular flexibility index (Phi) is 6.61. The molecule has 1 fully saturated rings. The van der Waals surface area contributed by atoms with Crippen LogP contribution in [0.3, 0.4) is 0 Å². The van der Waals surface area contributed by atoms with Gasteiger partial charge in [0.05, 0.1) is 27.9 Å². The van der Waals surface area contributed by atoms with Crippen LogP contribution in [0.25, 0.3) is 0 Å². The van der Waals surface area contributed by atoms with Crippen LogP contribution >= 0.6 is 0 Å². The third kappa shape index (κ3) is 5.03. The summed E-state index contributed by atoms with van der Waals surface area (Å²) in [6.07, 6.45) is -0.120. The second-order valence-corrected chi connectivity index (χ2v) is 6.48. The monoisotopic (exact) mass is 423 g/mol. The maximum atomic E-state index is 12.8. The van der Waals surface area contributed by atoms with E-state index >= 15 is 0 Å². The molecular formula is C16H17N5O9. The SMILES string of the molecule is NC(=O)CC(NC(=O)C1CCCN1C(=O)c1cc([N+](=O)[O-])cc([N+](=O)[O-])c1)C(=O)O. The minimum atomic E-state index is -1.59. The number of non-ortho nitro benzene ring substituents is 2. The van der Waals surface area contributed by atoms with Crippen LogP contribution < -0.4 is 11.1 Å². The molecule has 30 heavy (non-hydrogen) atoms. The zero-order valence-electron chi connectivity index (χ0n) is 15.3. The highest BCUT2D eigenvalue weighted by molar-refractivity contribution is 5.99. The number of carbonyl (C=O) groups excluding carboxylic acids is 3. The average molecular weight is 423 g/mol. The molecule has 2 atom stereocenters. The van der Waals surface area contributed by atoms with E-state index in [9.17, 15) is 39.4 Å². The van der Waals surface area contributed by atoms with E-state index in [1.54, 1.807) is 0 Å². The Hall–Kier alpha value is -4.10. The molecule has 1 saturated heterocycles. The molecule has 0 bridgehead atoms. The third-order valence-electron chi connectivity index (χ3n) is 4.41. The number of carbonyl (C=O) groups is 4. The van der Waals surface area contributed by atoms with Crippen LogP contribution in [0.1, 0.15) is 29.6 Å². The van der Waals surface area contributed by atoms with E-state index < -0.39 is 63.4 Å². The molecule has 160 valence electrons. The summed E-state index contributed by atoms with van der Waals surface area (Å²) in [6.45, 7) is 0.0704. The molecule has 3 amide bonds. The molecule has 0 aliphatic carbocycles. The fourth-order valence-corrected chi connectivity index (χ4v) is 3.05. The highest BCUT2D eigenvalue weighted by atomic mass is 16.6. The lowest BCUT2D eigenvalue weighted by molar-refractivity contribution is -0.394. The second kappa shape index (κ2) is 8.93. The second-order valence-electron chi connectivity index (χ2n) is 6.48. The molecule has 0 aromatic heterocycles. The molecule has 0 spiro atoms. The highest BCUT2D eigenvalue weighted by Crippen LogP contribution is 2.26. The molecule has 1 aromatic carbocycles. The normalized spacial score (nSPS) is 16.5. The Balaban J connectivity index is 2.28. The number of nitro groups is 2. The van der Waals surface area contributed by atoms with Crippen LogP contribution in [-0.2, 0) is 14.4 Å². The van der Waals surface area contributed by atoms with E-state index in [0.717, 1.165) is 17.0 Å². The molecule has 2 rings (SSSR count). The summed E-state index contributed by atoms with van der Waals surface area (Å²) in [5, 5.41) is 33.3. The maximum Gasteiger partial charge on any atom is 0.326 e. The number of carboxylic acids is 1. The van der Waals surface area contributed by atoms with Gasteiger partial charge in [-0.15, -0.1) is 0 Å². The first kappa shape index (κ1) is 22.2. The quantitative estimate of drug-likeness (QED) is 0.364. The number of nitro benzene ring substituents is 2. The van der Waals surface area contributed by atoms with Gasteiger partial charge in [0.2, 0.25) is 11.8 Å².